The lowest BCUT2D eigenvalue weighted by Gasteiger charge is -2.45. The number of halogens is 2. The highest BCUT2D eigenvalue weighted by Crippen LogP contribution is 2.46. The van der Waals surface area contributed by atoms with Crippen molar-refractivity contribution in [3.8, 4) is 17.2 Å². The summed E-state index contributed by atoms with van der Waals surface area (Å²) < 4.78 is 44.3. The second-order valence-corrected chi connectivity index (χ2v) is 10.2. The summed E-state index contributed by atoms with van der Waals surface area (Å²) in [5.74, 6) is -2.58. The molecule has 1 saturated carbocycles. The number of rotatable bonds is 14. The number of nitrogens with one attached hydrogen (secondary N) is 1. The third-order valence-electron chi connectivity index (χ3n) is 7.30. The lowest BCUT2D eigenvalue weighted by Crippen LogP contribution is -2.68. The SMILES string of the molecule is CCOc1cc([C@@H](C)N(CCCCc2ccc(OC)cc2)C(=O)NC2(C(=O)O)CC(F)(F)C2)cc(OCC)c1C. The fraction of sp³-hybridized carbons (Fsp3) is 0.533. The molecule has 2 aromatic carbocycles. The number of aryl methyl sites for hydroxylation is 1. The van der Waals surface area contributed by atoms with E-state index in [1.807, 2.05) is 64.1 Å². The summed E-state index contributed by atoms with van der Waals surface area (Å²) in [6.07, 6.45) is 0.269. The van der Waals surface area contributed by atoms with Crippen molar-refractivity contribution in [3.05, 3.63) is 53.1 Å². The van der Waals surface area contributed by atoms with Crippen molar-refractivity contribution in [2.75, 3.05) is 26.9 Å². The second kappa shape index (κ2) is 13.2. The van der Waals surface area contributed by atoms with Crippen LogP contribution < -0.4 is 19.5 Å². The van der Waals surface area contributed by atoms with Crippen molar-refractivity contribution in [2.24, 2.45) is 0 Å². The number of ether oxygens (including phenoxy) is 3. The summed E-state index contributed by atoms with van der Waals surface area (Å²) in [4.78, 5) is 27.0. The van der Waals surface area contributed by atoms with Crippen molar-refractivity contribution in [3.63, 3.8) is 0 Å². The summed E-state index contributed by atoms with van der Waals surface area (Å²) in [6, 6.07) is 10.2. The van der Waals surface area contributed by atoms with Gasteiger partial charge in [0, 0.05) is 24.9 Å². The zero-order valence-corrected chi connectivity index (χ0v) is 23.9. The van der Waals surface area contributed by atoms with Crippen LogP contribution in [0.1, 0.15) is 69.2 Å². The predicted molar refractivity (Wildman–Crippen MR) is 148 cm³/mol. The standard InChI is InChI=1S/C30H40F2N2O6/c1-6-39-25-16-23(17-26(20(25)3)40-7-2)21(4)34(15-9-8-10-22-11-13-24(38-5)14-12-22)28(37)33-29(27(35)36)18-30(31,32)19-29/h11-14,16-17,21H,6-10,15,18-19H2,1-5H3,(H,33,37)(H,35,36)/t21-/m1/s1. The van der Waals surface area contributed by atoms with Crippen LogP contribution in [-0.4, -0.2) is 60.3 Å². The smallest absolute Gasteiger partial charge is 0.329 e. The first kappa shape index (κ1) is 31.0. The van der Waals surface area contributed by atoms with E-state index in [1.165, 1.54) is 4.90 Å². The van der Waals surface area contributed by atoms with E-state index in [9.17, 15) is 23.5 Å². The molecule has 0 saturated heterocycles. The van der Waals surface area contributed by atoms with Gasteiger partial charge in [-0.05, 0) is 82.3 Å². The molecule has 1 aliphatic rings. The predicted octanol–water partition coefficient (Wildman–Crippen LogP) is 6.15. The number of carboxylic acids is 1. The number of urea groups is 1. The van der Waals surface area contributed by atoms with Crippen molar-refractivity contribution < 1.29 is 37.7 Å². The second-order valence-electron chi connectivity index (χ2n) is 10.2. The van der Waals surface area contributed by atoms with Gasteiger partial charge in [-0.3, -0.25) is 0 Å². The van der Waals surface area contributed by atoms with Crippen LogP contribution in [0, 0.1) is 6.92 Å². The van der Waals surface area contributed by atoms with Crippen molar-refractivity contribution >= 4 is 12.0 Å². The highest BCUT2D eigenvalue weighted by atomic mass is 19.3. The van der Waals surface area contributed by atoms with E-state index in [0.717, 1.165) is 35.3 Å². The minimum Gasteiger partial charge on any atom is -0.497 e. The van der Waals surface area contributed by atoms with E-state index >= 15 is 0 Å². The number of benzene rings is 2. The fourth-order valence-electron chi connectivity index (χ4n) is 4.99. The quantitative estimate of drug-likeness (QED) is 0.268. The van der Waals surface area contributed by atoms with E-state index in [4.69, 9.17) is 14.2 Å². The van der Waals surface area contributed by atoms with Crippen LogP contribution in [0.2, 0.25) is 0 Å². The summed E-state index contributed by atoms with van der Waals surface area (Å²) in [5.41, 5.74) is 0.678. The van der Waals surface area contributed by atoms with Gasteiger partial charge in [-0.15, -0.1) is 0 Å². The summed E-state index contributed by atoms with van der Waals surface area (Å²) >= 11 is 0. The Hall–Kier alpha value is -3.56. The molecular formula is C30H40F2N2O6. The number of unbranched alkanes of at least 4 members (excludes halogenated alkanes) is 1. The van der Waals surface area contributed by atoms with Crippen LogP contribution in [0.3, 0.4) is 0 Å². The zero-order valence-electron chi connectivity index (χ0n) is 23.9. The van der Waals surface area contributed by atoms with Gasteiger partial charge in [0.15, 0.2) is 5.54 Å². The van der Waals surface area contributed by atoms with Crippen molar-refractivity contribution in [1.82, 2.24) is 10.2 Å². The van der Waals surface area contributed by atoms with Gasteiger partial charge in [0.1, 0.15) is 17.2 Å². The fourth-order valence-corrected chi connectivity index (χ4v) is 4.99. The van der Waals surface area contributed by atoms with Gasteiger partial charge in [0.2, 0.25) is 0 Å². The van der Waals surface area contributed by atoms with Crippen molar-refractivity contribution in [1.29, 1.82) is 0 Å². The van der Waals surface area contributed by atoms with Crippen LogP contribution in [-0.2, 0) is 11.2 Å². The van der Waals surface area contributed by atoms with E-state index < -0.39 is 42.3 Å². The van der Waals surface area contributed by atoms with E-state index in [0.29, 0.717) is 31.1 Å². The molecule has 2 amide bonds. The molecule has 0 unspecified atom stereocenters. The number of alkyl halides is 2. The number of amides is 2. The van der Waals surface area contributed by atoms with E-state index in [2.05, 4.69) is 5.32 Å². The molecular weight excluding hydrogens is 522 g/mol. The maximum Gasteiger partial charge on any atom is 0.329 e. The number of carbonyl (C=O) groups is 2. The van der Waals surface area contributed by atoms with Gasteiger partial charge in [-0.1, -0.05) is 12.1 Å². The lowest BCUT2D eigenvalue weighted by atomic mass is 9.73. The van der Waals surface area contributed by atoms with Gasteiger partial charge in [0.25, 0.3) is 5.92 Å². The number of hydrogen-bond donors (Lipinski definition) is 2. The number of hydrogen-bond acceptors (Lipinski definition) is 5. The molecule has 1 atom stereocenters. The Balaban J connectivity index is 1.83. The molecule has 0 aromatic heterocycles. The van der Waals surface area contributed by atoms with Gasteiger partial charge in [-0.2, -0.15) is 0 Å². The monoisotopic (exact) mass is 562 g/mol. The number of carbonyl (C=O) groups excluding carboxylic acids is 1. The van der Waals surface area contributed by atoms with E-state index in [-0.39, 0.29) is 6.54 Å². The van der Waals surface area contributed by atoms with Crippen LogP contribution >= 0.6 is 0 Å². The molecule has 220 valence electrons. The van der Waals surface area contributed by atoms with Crippen LogP contribution in [0.5, 0.6) is 17.2 Å². The van der Waals surface area contributed by atoms with Gasteiger partial charge < -0.3 is 29.5 Å². The molecule has 2 N–H and O–H groups in total. The third-order valence-corrected chi connectivity index (χ3v) is 7.30. The largest absolute Gasteiger partial charge is 0.497 e. The average molecular weight is 563 g/mol. The molecule has 0 spiro atoms. The molecule has 2 aromatic rings. The molecule has 10 heteroatoms. The molecule has 3 rings (SSSR count). The van der Waals surface area contributed by atoms with Crippen LogP contribution in [0.25, 0.3) is 0 Å². The van der Waals surface area contributed by atoms with Crippen LogP contribution in [0.4, 0.5) is 13.6 Å². The molecule has 40 heavy (non-hydrogen) atoms. The number of nitrogens with zero attached hydrogens (tertiary/aromatic N) is 1. The Morgan fingerprint density at radius 3 is 2.10 bits per heavy atom. The zero-order chi connectivity index (χ0) is 29.5. The first-order valence-corrected chi connectivity index (χ1v) is 13.7. The molecule has 1 fully saturated rings. The maximum atomic E-state index is 13.7. The Bertz CT molecular complexity index is 1140. The topological polar surface area (TPSA) is 97.3 Å². The van der Waals surface area contributed by atoms with Crippen molar-refractivity contribution in [2.45, 2.75) is 77.3 Å². The Morgan fingerprint density at radius 2 is 1.62 bits per heavy atom. The third kappa shape index (κ3) is 7.34. The number of aliphatic carboxylic acids is 1. The highest BCUT2D eigenvalue weighted by Gasteiger charge is 2.62. The molecule has 0 aliphatic heterocycles. The Morgan fingerprint density at radius 1 is 1.05 bits per heavy atom. The number of carboxylic acid groups (broad SMARTS) is 1. The summed E-state index contributed by atoms with van der Waals surface area (Å²) in [6.45, 7) is 8.63. The first-order chi connectivity index (χ1) is 18.9. The molecule has 1 aliphatic carbocycles. The van der Waals surface area contributed by atoms with Crippen LogP contribution in [0.15, 0.2) is 36.4 Å². The average Bonchev–Trinajstić information content (AvgIpc) is 2.89. The van der Waals surface area contributed by atoms with Gasteiger partial charge in [0.05, 0.1) is 26.4 Å². The van der Waals surface area contributed by atoms with Gasteiger partial charge in [-0.25, -0.2) is 18.4 Å². The molecule has 0 radical (unpaired) electrons. The molecule has 0 bridgehead atoms. The highest BCUT2D eigenvalue weighted by molar-refractivity contribution is 5.88. The van der Waals surface area contributed by atoms with Gasteiger partial charge >= 0.3 is 12.0 Å². The number of methoxy groups -OCH3 is 1. The summed E-state index contributed by atoms with van der Waals surface area (Å²) in [7, 11) is 1.61. The minimum absolute atomic E-state index is 0.289. The first-order valence-electron chi connectivity index (χ1n) is 13.7. The normalized spacial score (nSPS) is 15.9. The van der Waals surface area contributed by atoms with E-state index in [1.54, 1.807) is 7.11 Å². The Labute approximate surface area is 234 Å². The summed E-state index contributed by atoms with van der Waals surface area (Å²) in [5, 5.41) is 12.1. The maximum absolute atomic E-state index is 13.7. The Kier molecular flexibility index (Phi) is 10.2. The minimum atomic E-state index is -3.13. The molecule has 0 heterocycles. The molecule has 8 nitrogen and oxygen atoms in total. The lowest BCUT2D eigenvalue weighted by molar-refractivity contribution is -0.175.